The molecule has 4 aromatic rings. The Morgan fingerprint density at radius 2 is 1.71 bits per heavy atom. The fourth-order valence-electron chi connectivity index (χ4n) is 3.75. The lowest BCUT2D eigenvalue weighted by atomic mass is 10.1. The first kappa shape index (κ1) is 23.3. The van der Waals surface area contributed by atoms with E-state index in [2.05, 4.69) is 15.3 Å². The summed E-state index contributed by atoms with van der Waals surface area (Å²) in [4.78, 5) is 32.3. The largest absolute Gasteiger partial charge is 0.322 e. The van der Waals surface area contributed by atoms with Gasteiger partial charge in [-0.15, -0.1) is 0 Å². The summed E-state index contributed by atoms with van der Waals surface area (Å²) < 4.78 is 27.3. The molecule has 0 radical (unpaired) electrons. The molecular formula is C25H24N4O4S. The minimum absolute atomic E-state index is 0.0511. The Kier molecular flexibility index (Phi) is 6.58. The molecule has 0 atom stereocenters. The Morgan fingerprint density at radius 3 is 2.35 bits per heavy atom. The van der Waals surface area contributed by atoms with Crippen molar-refractivity contribution in [3.05, 3.63) is 88.8 Å². The number of hydrogen-bond acceptors (Lipinski definition) is 5. The predicted octanol–water partition coefficient (Wildman–Crippen LogP) is 3.87. The number of sulfonamides is 1. The first-order valence-electron chi connectivity index (χ1n) is 10.8. The molecule has 1 amide bonds. The van der Waals surface area contributed by atoms with Gasteiger partial charge in [-0.2, -0.15) is 4.31 Å². The molecule has 0 bridgehead atoms. The number of benzene rings is 2. The van der Waals surface area contributed by atoms with Crippen LogP contribution in [0.1, 0.15) is 24.2 Å². The van der Waals surface area contributed by atoms with Gasteiger partial charge in [-0.3, -0.25) is 9.59 Å². The van der Waals surface area contributed by atoms with Gasteiger partial charge >= 0.3 is 0 Å². The number of nitrogens with one attached hydrogen (secondary N) is 2. The summed E-state index contributed by atoms with van der Waals surface area (Å²) in [6.45, 7) is 4.16. The summed E-state index contributed by atoms with van der Waals surface area (Å²) in [6, 6.07) is 18.7. The van der Waals surface area contributed by atoms with Crippen LogP contribution in [0.2, 0.25) is 0 Å². The summed E-state index contributed by atoms with van der Waals surface area (Å²) in [7, 11) is -3.74. The zero-order chi connectivity index (χ0) is 24.3. The molecule has 9 heteroatoms. The smallest absolute Gasteiger partial charge is 0.257 e. The van der Waals surface area contributed by atoms with E-state index in [4.69, 9.17) is 0 Å². The van der Waals surface area contributed by atoms with Crippen molar-refractivity contribution in [1.82, 2.24) is 14.3 Å². The van der Waals surface area contributed by atoms with Crippen LogP contribution in [0.15, 0.2) is 82.6 Å². The van der Waals surface area contributed by atoms with Crippen molar-refractivity contribution < 1.29 is 13.2 Å². The number of nitrogens with zero attached hydrogens (tertiary/aromatic N) is 2. The first-order chi connectivity index (χ1) is 16.3. The number of aromatic amines is 1. The number of hydrogen-bond donors (Lipinski definition) is 2. The summed E-state index contributed by atoms with van der Waals surface area (Å²) in [5.41, 5.74) is 1.85. The predicted molar refractivity (Wildman–Crippen MR) is 132 cm³/mol. The van der Waals surface area contributed by atoms with E-state index in [1.807, 2.05) is 36.4 Å². The Labute approximate surface area is 197 Å². The molecule has 4 rings (SSSR count). The topological polar surface area (TPSA) is 112 Å². The number of aromatic nitrogens is 2. The second-order valence-corrected chi connectivity index (χ2v) is 9.53. The molecule has 0 unspecified atom stereocenters. The molecule has 0 saturated carbocycles. The average Bonchev–Trinajstić information content (AvgIpc) is 2.84. The Balaban J connectivity index is 1.69. The highest BCUT2D eigenvalue weighted by molar-refractivity contribution is 7.89. The minimum atomic E-state index is -3.74. The van der Waals surface area contributed by atoms with E-state index in [0.29, 0.717) is 29.8 Å². The van der Waals surface area contributed by atoms with E-state index >= 15 is 0 Å². The maximum absolute atomic E-state index is 13.1. The van der Waals surface area contributed by atoms with Gasteiger partial charge in [-0.1, -0.05) is 44.2 Å². The van der Waals surface area contributed by atoms with Gasteiger partial charge in [0.25, 0.3) is 5.91 Å². The Hall–Kier alpha value is -3.82. The standard InChI is InChI=1S/C25H24N4O4S/c1-3-29(4-2)34(32,33)19-11-12-22-20(14-19)21(15-24(30)27-22)25(31)28-23-13-10-18(16-26-23)17-8-6-5-7-9-17/h5-16H,3-4H2,1-2H3,(H,27,30)(H,26,28,31). The van der Waals surface area contributed by atoms with Gasteiger partial charge in [0.05, 0.1) is 10.5 Å². The van der Waals surface area contributed by atoms with Crippen LogP contribution in [0.25, 0.3) is 22.0 Å². The van der Waals surface area contributed by atoms with Crippen molar-refractivity contribution >= 4 is 32.7 Å². The monoisotopic (exact) mass is 476 g/mol. The maximum Gasteiger partial charge on any atom is 0.257 e. The van der Waals surface area contributed by atoms with Crippen molar-refractivity contribution in [3.8, 4) is 11.1 Å². The number of carbonyl (C=O) groups excluding carboxylic acids is 1. The number of pyridine rings is 2. The number of anilines is 1. The zero-order valence-electron chi connectivity index (χ0n) is 18.8. The lowest BCUT2D eigenvalue weighted by Gasteiger charge is -2.19. The number of H-pyrrole nitrogens is 1. The van der Waals surface area contributed by atoms with Crippen LogP contribution in [-0.4, -0.2) is 41.7 Å². The van der Waals surface area contributed by atoms with Gasteiger partial charge in [0.15, 0.2) is 0 Å². The normalized spacial score (nSPS) is 11.6. The van der Waals surface area contributed by atoms with Gasteiger partial charge in [0.2, 0.25) is 15.6 Å². The molecule has 174 valence electrons. The molecule has 34 heavy (non-hydrogen) atoms. The molecule has 0 aliphatic heterocycles. The van der Waals surface area contributed by atoms with Crippen LogP contribution in [0.4, 0.5) is 5.82 Å². The van der Waals surface area contributed by atoms with Crippen LogP contribution < -0.4 is 10.9 Å². The minimum Gasteiger partial charge on any atom is -0.322 e. The van der Waals surface area contributed by atoms with Gasteiger partial charge in [0, 0.05) is 41.8 Å². The van der Waals surface area contributed by atoms with Gasteiger partial charge in [0.1, 0.15) is 5.82 Å². The van der Waals surface area contributed by atoms with E-state index in [-0.39, 0.29) is 10.5 Å². The molecule has 2 aromatic heterocycles. The fourth-order valence-corrected chi connectivity index (χ4v) is 5.23. The van der Waals surface area contributed by atoms with E-state index in [9.17, 15) is 18.0 Å². The van der Waals surface area contributed by atoms with Crippen molar-refractivity contribution in [2.24, 2.45) is 0 Å². The summed E-state index contributed by atoms with van der Waals surface area (Å²) in [5, 5.41) is 3.02. The van der Waals surface area contributed by atoms with Crippen LogP contribution in [0.3, 0.4) is 0 Å². The maximum atomic E-state index is 13.1. The molecule has 0 fully saturated rings. The van der Waals surface area contributed by atoms with Crippen molar-refractivity contribution in [3.63, 3.8) is 0 Å². The molecule has 0 aliphatic rings. The molecule has 2 heterocycles. The van der Waals surface area contributed by atoms with E-state index in [0.717, 1.165) is 17.2 Å². The van der Waals surface area contributed by atoms with Crippen LogP contribution >= 0.6 is 0 Å². The highest BCUT2D eigenvalue weighted by atomic mass is 32.2. The highest BCUT2D eigenvalue weighted by Crippen LogP contribution is 2.24. The second kappa shape index (κ2) is 9.58. The van der Waals surface area contributed by atoms with Crippen molar-refractivity contribution in [1.29, 1.82) is 0 Å². The average molecular weight is 477 g/mol. The Bertz CT molecular complexity index is 1490. The first-order valence-corrected chi connectivity index (χ1v) is 12.3. The SMILES string of the molecule is CCN(CC)S(=O)(=O)c1ccc2[nH]c(=O)cc(C(=O)Nc3ccc(-c4ccccc4)cn3)c2c1. The lowest BCUT2D eigenvalue weighted by molar-refractivity contribution is 0.102. The third-order valence-corrected chi connectivity index (χ3v) is 7.56. The van der Waals surface area contributed by atoms with Crippen LogP contribution in [-0.2, 0) is 10.0 Å². The summed E-state index contributed by atoms with van der Waals surface area (Å²) in [5.74, 6) is -0.251. The van der Waals surface area contributed by atoms with Gasteiger partial charge < -0.3 is 10.3 Å². The highest BCUT2D eigenvalue weighted by Gasteiger charge is 2.23. The fraction of sp³-hybridized carbons (Fsp3) is 0.160. The molecule has 0 saturated heterocycles. The number of amides is 1. The molecule has 0 aliphatic carbocycles. The Morgan fingerprint density at radius 1 is 0.971 bits per heavy atom. The summed E-state index contributed by atoms with van der Waals surface area (Å²) >= 11 is 0. The quantitative estimate of drug-likeness (QED) is 0.420. The number of carbonyl (C=O) groups is 1. The van der Waals surface area contributed by atoms with E-state index in [1.54, 1.807) is 26.1 Å². The van der Waals surface area contributed by atoms with Crippen LogP contribution in [0.5, 0.6) is 0 Å². The molecule has 2 N–H and O–H groups in total. The zero-order valence-corrected chi connectivity index (χ0v) is 19.6. The van der Waals surface area contributed by atoms with Crippen molar-refractivity contribution in [2.75, 3.05) is 18.4 Å². The van der Waals surface area contributed by atoms with E-state index < -0.39 is 21.5 Å². The summed E-state index contributed by atoms with van der Waals surface area (Å²) in [6.07, 6.45) is 1.65. The number of fused-ring (bicyclic) bond motifs is 1. The van der Waals surface area contributed by atoms with Gasteiger partial charge in [-0.05, 0) is 35.9 Å². The molecule has 8 nitrogen and oxygen atoms in total. The van der Waals surface area contributed by atoms with Crippen LogP contribution in [0, 0.1) is 0 Å². The molecule has 0 spiro atoms. The van der Waals surface area contributed by atoms with E-state index in [1.165, 1.54) is 22.5 Å². The molecular weight excluding hydrogens is 452 g/mol. The third kappa shape index (κ3) is 4.61. The van der Waals surface area contributed by atoms with Crippen molar-refractivity contribution in [2.45, 2.75) is 18.7 Å². The second-order valence-electron chi connectivity index (χ2n) is 7.60. The van der Waals surface area contributed by atoms with Gasteiger partial charge in [-0.25, -0.2) is 13.4 Å². The lowest BCUT2D eigenvalue weighted by Crippen LogP contribution is -2.30. The number of rotatable bonds is 7. The molecule has 2 aromatic carbocycles. The third-order valence-electron chi connectivity index (χ3n) is 5.51.